The van der Waals surface area contributed by atoms with E-state index in [9.17, 15) is 0 Å². The molecule has 0 amide bonds. The quantitative estimate of drug-likeness (QED) is 0.203. The van der Waals surface area contributed by atoms with Gasteiger partial charge in [-0.25, -0.2) is 0 Å². The molecule has 0 aliphatic heterocycles. The predicted molar refractivity (Wildman–Crippen MR) is 165 cm³/mol. The Bertz CT molecular complexity index is 1610. The maximum absolute atomic E-state index is 2.33. The first-order valence-corrected chi connectivity index (χ1v) is 14.9. The van der Waals surface area contributed by atoms with Gasteiger partial charge in [0.2, 0.25) is 0 Å². The Morgan fingerprint density at radius 3 is 1.50 bits per heavy atom. The molecule has 1 unspecified atom stereocenters. The van der Waals surface area contributed by atoms with E-state index in [4.69, 9.17) is 0 Å². The Hall–Kier alpha value is -3.98. The van der Waals surface area contributed by atoms with Crippen molar-refractivity contribution in [3.63, 3.8) is 0 Å². The van der Waals surface area contributed by atoms with Crippen LogP contribution in [-0.2, 0) is 0 Å². The largest absolute Gasteiger partial charge is 0.172 e. The maximum atomic E-state index is 2.33. The summed E-state index contributed by atoms with van der Waals surface area (Å²) in [6.07, 6.45) is 0. The van der Waals surface area contributed by atoms with Crippen LogP contribution in [0.4, 0.5) is 0 Å². The molecule has 6 rings (SSSR count). The molecule has 0 N–H and O–H groups in total. The summed E-state index contributed by atoms with van der Waals surface area (Å²) in [7, 11) is -0.714. The highest BCUT2D eigenvalue weighted by molar-refractivity contribution is 8.17. The molecule has 6 aromatic rings. The van der Waals surface area contributed by atoms with E-state index in [2.05, 4.69) is 164 Å². The van der Waals surface area contributed by atoms with Gasteiger partial charge in [-0.2, -0.15) is 10.9 Å². The third-order valence-corrected chi connectivity index (χ3v) is 10.1. The van der Waals surface area contributed by atoms with Crippen LogP contribution in [0.5, 0.6) is 0 Å². The SMILES string of the molecule is c1ccc(-c2ccccc2Sc2ccc([SH](c3ccccc3)c3ccccc3-c3ccccc3)cc2)cc1. The first-order chi connectivity index (χ1) is 18.9. The van der Waals surface area contributed by atoms with Crippen molar-refractivity contribution in [1.82, 2.24) is 0 Å². The summed E-state index contributed by atoms with van der Waals surface area (Å²) in [4.78, 5) is 6.62. The van der Waals surface area contributed by atoms with Crippen molar-refractivity contribution < 1.29 is 0 Å². The van der Waals surface area contributed by atoms with Crippen LogP contribution in [0.2, 0.25) is 0 Å². The molecule has 0 aliphatic carbocycles. The fourth-order valence-corrected chi connectivity index (χ4v) is 8.16. The van der Waals surface area contributed by atoms with Gasteiger partial charge in [-0.3, -0.25) is 0 Å². The average Bonchev–Trinajstić information content (AvgIpc) is 3.00. The Labute approximate surface area is 232 Å². The highest BCUT2D eigenvalue weighted by Gasteiger charge is 2.17. The van der Waals surface area contributed by atoms with Gasteiger partial charge in [0, 0.05) is 14.7 Å². The Morgan fingerprint density at radius 2 is 0.842 bits per heavy atom. The molecule has 0 bridgehead atoms. The third kappa shape index (κ3) is 5.33. The van der Waals surface area contributed by atoms with E-state index in [-0.39, 0.29) is 0 Å². The number of hydrogen-bond acceptors (Lipinski definition) is 1. The van der Waals surface area contributed by atoms with E-state index in [1.165, 1.54) is 46.7 Å². The lowest BCUT2D eigenvalue weighted by atomic mass is 10.1. The van der Waals surface area contributed by atoms with Crippen LogP contribution in [-0.4, -0.2) is 0 Å². The first kappa shape index (κ1) is 24.4. The monoisotopic (exact) mass is 524 g/mol. The second-order valence-electron chi connectivity index (χ2n) is 9.01. The molecule has 0 spiro atoms. The van der Waals surface area contributed by atoms with Gasteiger partial charge in [-0.1, -0.05) is 127 Å². The zero-order valence-corrected chi connectivity index (χ0v) is 22.7. The van der Waals surface area contributed by atoms with E-state index >= 15 is 0 Å². The molecule has 6 aromatic carbocycles. The number of rotatable bonds is 7. The van der Waals surface area contributed by atoms with E-state index in [0.29, 0.717) is 0 Å². The summed E-state index contributed by atoms with van der Waals surface area (Å²) < 4.78 is 0. The van der Waals surface area contributed by atoms with Crippen LogP contribution in [0, 0.1) is 0 Å². The molecule has 0 radical (unpaired) electrons. The lowest BCUT2D eigenvalue weighted by Gasteiger charge is -2.26. The highest BCUT2D eigenvalue weighted by atomic mass is 32.2. The zero-order valence-electron chi connectivity index (χ0n) is 20.9. The molecule has 0 aromatic heterocycles. The molecular weight excluding hydrogens is 497 g/mol. The van der Waals surface area contributed by atoms with E-state index in [0.717, 1.165) is 0 Å². The molecule has 184 valence electrons. The van der Waals surface area contributed by atoms with Gasteiger partial charge in [0.1, 0.15) is 0 Å². The van der Waals surface area contributed by atoms with Crippen molar-refractivity contribution >= 4 is 22.7 Å². The molecule has 0 saturated carbocycles. The van der Waals surface area contributed by atoms with E-state index in [1.54, 1.807) is 0 Å². The lowest BCUT2D eigenvalue weighted by Crippen LogP contribution is -1.92. The van der Waals surface area contributed by atoms with Crippen molar-refractivity contribution in [2.24, 2.45) is 0 Å². The summed E-state index contributed by atoms with van der Waals surface area (Å²) >= 11 is 1.83. The van der Waals surface area contributed by atoms with Crippen LogP contribution in [0.3, 0.4) is 0 Å². The maximum Gasteiger partial charge on any atom is 0.0200 e. The van der Waals surface area contributed by atoms with Gasteiger partial charge in [0.25, 0.3) is 0 Å². The Kier molecular flexibility index (Phi) is 7.44. The van der Waals surface area contributed by atoms with Crippen molar-refractivity contribution in [2.45, 2.75) is 24.5 Å². The minimum absolute atomic E-state index is 0.714. The molecule has 1 atom stereocenters. The number of hydrogen-bond donors (Lipinski definition) is 1. The van der Waals surface area contributed by atoms with Crippen LogP contribution in [0.15, 0.2) is 188 Å². The van der Waals surface area contributed by atoms with Gasteiger partial charge in [-0.05, 0) is 80.6 Å². The fraction of sp³-hybridized carbons (Fsp3) is 0. The normalized spacial score (nSPS) is 12.2. The summed E-state index contributed by atoms with van der Waals surface area (Å²) in [5.74, 6) is 0. The zero-order chi connectivity index (χ0) is 25.6. The molecule has 2 heteroatoms. The molecule has 0 aliphatic rings. The minimum Gasteiger partial charge on any atom is -0.172 e. The van der Waals surface area contributed by atoms with Gasteiger partial charge < -0.3 is 0 Å². The van der Waals surface area contributed by atoms with Gasteiger partial charge in [0.15, 0.2) is 0 Å². The molecule has 38 heavy (non-hydrogen) atoms. The Morgan fingerprint density at radius 1 is 0.368 bits per heavy atom. The minimum atomic E-state index is -0.714. The lowest BCUT2D eigenvalue weighted by molar-refractivity contribution is 1.29. The van der Waals surface area contributed by atoms with Gasteiger partial charge >= 0.3 is 0 Å². The highest BCUT2D eigenvalue weighted by Crippen LogP contribution is 2.54. The summed E-state index contributed by atoms with van der Waals surface area (Å²) in [5.41, 5.74) is 5.08. The van der Waals surface area contributed by atoms with E-state index in [1.807, 2.05) is 11.8 Å². The van der Waals surface area contributed by atoms with Crippen molar-refractivity contribution in [3.05, 3.63) is 164 Å². The van der Waals surface area contributed by atoms with E-state index < -0.39 is 10.9 Å². The average molecular weight is 525 g/mol. The standard InChI is InChI=1S/C36H28S2/c1-4-14-28(15-5-1)33-20-10-12-22-35(33)37-30-24-26-32(27-25-30)38(31-18-8-3-9-19-31)36-23-13-11-21-34(36)29-16-6-2-7-17-29/h1-27,38H. The molecular formula is C36H28S2. The van der Waals surface area contributed by atoms with Crippen LogP contribution >= 0.6 is 22.7 Å². The second kappa shape index (κ2) is 11.6. The number of thiol groups is 1. The molecule has 0 heterocycles. The summed E-state index contributed by atoms with van der Waals surface area (Å²) in [6, 6.07) is 59.1. The van der Waals surface area contributed by atoms with Gasteiger partial charge in [0.05, 0.1) is 0 Å². The summed E-state index contributed by atoms with van der Waals surface area (Å²) in [5, 5.41) is 0. The topological polar surface area (TPSA) is 0 Å². The van der Waals surface area contributed by atoms with Gasteiger partial charge in [-0.15, -0.1) is 0 Å². The molecule has 0 saturated heterocycles. The summed E-state index contributed by atoms with van der Waals surface area (Å²) in [6.45, 7) is 0. The van der Waals surface area contributed by atoms with Crippen molar-refractivity contribution in [3.8, 4) is 22.3 Å². The van der Waals surface area contributed by atoms with Crippen molar-refractivity contribution in [1.29, 1.82) is 0 Å². The molecule has 0 fully saturated rings. The van der Waals surface area contributed by atoms with Crippen molar-refractivity contribution in [2.75, 3.05) is 0 Å². The Balaban J connectivity index is 1.37. The number of benzene rings is 6. The predicted octanol–water partition coefficient (Wildman–Crippen LogP) is 10.7. The van der Waals surface area contributed by atoms with Crippen LogP contribution in [0.25, 0.3) is 22.3 Å². The first-order valence-electron chi connectivity index (χ1n) is 12.8. The molecule has 0 nitrogen and oxygen atoms in total. The van der Waals surface area contributed by atoms with Crippen LogP contribution < -0.4 is 0 Å². The smallest absolute Gasteiger partial charge is 0.0200 e. The third-order valence-electron chi connectivity index (χ3n) is 6.54. The fourth-order valence-electron chi connectivity index (χ4n) is 4.74. The second-order valence-corrected chi connectivity index (χ2v) is 12.3. The van der Waals surface area contributed by atoms with Crippen LogP contribution in [0.1, 0.15) is 0 Å².